The molecule has 2 fully saturated rings. The van der Waals surface area contributed by atoms with Gasteiger partial charge in [-0.25, -0.2) is 4.39 Å². The van der Waals surface area contributed by atoms with Crippen LogP contribution in [0.3, 0.4) is 0 Å². The van der Waals surface area contributed by atoms with Crippen molar-refractivity contribution in [2.24, 2.45) is 17.8 Å². The molecule has 1 aromatic rings. The van der Waals surface area contributed by atoms with E-state index in [1.807, 2.05) is 6.92 Å². The van der Waals surface area contributed by atoms with Crippen molar-refractivity contribution in [2.45, 2.75) is 39.5 Å². The first kappa shape index (κ1) is 16.9. The smallest absolute Gasteiger partial charge is 0.256 e. The molecule has 5 heteroatoms. The highest BCUT2D eigenvalue weighted by molar-refractivity contribution is 6.04. The second kappa shape index (κ2) is 6.91. The Balaban J connectivity index is 1.79. The molecule has 1 heterocycles. The molecule has 24 heavy (non-hydrogen) atoms. The van der Waals surface area contributed by atoms with Crippen molar-refractivity contribution in [3.63, 3.8) is 0 Å². The highest BCUT2D eigenvalue weighted by Crippen LogP contribution is 2.38. The van der Waals surface area contributed by atoms with E-state index in [9.17, 15) is 14.0 Å². The zero-order valence-electron chi connectivity index (χ0n) is 14.3. The van der Waals surface area contributed by atoms with Gasteiger partial charge in [0.25, 0.3) is 5.91 Å². The van der Waals surface area contributed by atoms with Crippen LogP contribution in [-0.2, 0) is 4.79 Å². The summed E-state index contributed by atoms with van der Waals surface area (Å²) in [5.41, 5.74) is 0.678. The highest BCUT2D eigenvalue weighted by Gasteiger charge is 2.39. The third kappa shape index (κ3) is 3.60. The van der Waals surface area contributed by atoms with Gasteiger partial charge in [0.05, 0.1) is 11.3 Å². The monoisotopic (exact) mass is 332 g/mol. The first-order chi connectivity index (χ1) is 11.5. The van der Waals surface area contributed by atoms with Crippen molar-refractivity contribution in [2.75, 3.05) is 18.4 Å². The molecule has 1 aromatic carbocycles. The molecule has 1 saturated heterocycles. The molecule has 1 N–H and O–H groups in total. The van der Waals surface area contributed by atoms with Crippen LogP contribution in [0.25, 0.3) is 0 Å². The Labute approximate surface area is 142 Å². The number of hydrogen-bond acceptors (Lipinski definition) is 2. The maximum absolute atomic E-state index is 13.7. The van der Waals surface area contributed by atoms with Gasteiger partial charge in [0.2, 0.25) is 5.91 Å². The number of amides is 2. The number of carbonyl (C=O) groups excluding carboxylic acids is 2. The summed E-state index contributed by atoms with van der Waals surface area (Å²) in [6.45, 7) is 5.56. The van der Waals surface area contributed by atoms with E-state index in [4.69, 9.17) is 0 Å². The molecule has 0 aromatic heterocycles. The number of hydrogen-bond donors (Lipinski definition) is 1. The number of benzene rings is 1. The number of anilines is 1. The first-order valence-corrected chi connectivity index (χ1v) is 8.89. The molecule has 0 bridgehead atoms. The molecule has 2 aliphatic rings. The molecule has 4 nitrogen and oxygen atoms in total. The normalized spacial score (nSPS) is 26.1. The summed E-state index contributed by atoms with van der Waals surface area (Å²) in [5.74, 6) is 0.177. The summed E-state index contributed by atoms with van der Waals surface area (Å²) in [4.78, 5) is 26.9. The van der Waals surface area contributed by atoms with E-state index in [1.165, 1.54) is 18.2 Å². The summed E-state index contributed by atoms with van der Waals surface area (Å²) >= 11 is 0. The lowest BCUT2D eigenvalue weighted by Crippen LogP contribution is -2.40. The summed E-state index contributed by atoms with van der Waals surface area (Å²) in [5, 5.41) is 2.82. The minimum Gasteiger partial charge on any atom is -0.338 e. The van der Waals surface area contributed by atoms with Crippen LogP contribution < -0.4 is 5.32 Å². The standard InChI is InChI=1S/C19H25FN2O2/c1-3-13-5-4-8-22(11-13)19(24)16-10-14(20)6-7-17(16)21-18(23)15-9-12(15)2/h6-7,10,12-13,15H,3-5,8-9,11H2,1-2H3,(H,21,23)/t12-,13-,15+/m1/s1. The molecular weight excluding hydrogens is 307 g/mol. The van der Waals surface area contributed by atoms with E-state index < -0.39 is 5.82 Å². The maximum atomic E-state index is 13.7. The van der Waals surface area contributed by atoms with Gasteiger partial charge >= 0.3 is 0 Å². The molecule has 130 valence electrons. The predicted octanol–water partition coefficient (Wildman–Crippen LogP) is 3.68. The zero-order valence-corrected chi connectivity index (χ0v) is 14.3. The number of carbonyl (C=O) groups is 2. The second-order valence-electron chi connectivity index (χ2n) is 7.17. The Hall–Kier alpha value is -1.91. The van der Waals surface area contributed by atoms with Gasteiger partial charge in [-0.3, -0.25) is 9.59 Å². The Morgan fingerprint density at radius 2 is 2.12 bits per heavy atom. The van der Waals surface area contributed by atoms with Crippen molar-refractivity contribution in [3.8, 4) is 0 Å². The van der Waals surface area contributed by atoms with Gasteiger partial charge in [-0.15, -0.1) is 0 Å². The van der Waals surface area contributed by atoms with Gasteiger partial charge in [0.1, 0.15) is 5.82 Å². The van der Waals surface area contributed by atoms with Crippen LogP contribution in [-0.4, -0.2) is 29.8 Å². The van der Waals surface area contributed by atoms with Crippen molar-refractivity contribution in [3.05, 3.63) is 29.6 Å². The second-order valence-corrected chi connectivity index (χ2v) is 7.17. The Morgan fingerprint density at radius 1 is 1.38 bits per heavy atom. The van der Waals surface area contributed by atoms with Gasteiger partial charge in [0.15, 0.2) is 0 Å². The van der Waals surface area contributed by atoms with E-state index in [0.29, 0.717) is 30.6 Å². The Bertz CT molecular complexity index is 646. The first-order valence-electron chi connectivity index (χ1n) is 8.89. The average molecular weight is 332 g/mol. The number of nitrogens with zero attached hydrogens (tertiary/aromatic N) is 1. The molecule has 3 rings (SSSR count). The largest absolute Gasteiger partial charge is 0.338 e. The third-order valence-electron chi connectivity index (χ3n) is 5.30. The SMILES string of the molecule is CC[C@@H]1CCCN(C(=O)c2cc(F)ccc2NC(=O)[C@H]2C[C@H]2C)C1. The van der Waals surface area contributed by atoms with Crippen molar-refractivity contribution in [1.29, 1.82) is 0 Å². The number of rotatable bonds is 4. The van der Waals surface area contributed by atoms with Crippen LogP contribution in [0, 0.1) is 23.6 Å². The van der Waals surface area contributed by atoms with Crippen LogP contribution >= 0.6 is 0 Å². The van der Waals surface area contributed by atoms with Crippen LogP contribution in [0.1, 0.15) is 49.9 Å². The fraction of sp³-hybridized carbons (Fsp3) is 0.579. The van der Waals surface area contributed by atoms with E-state index in [1.54, 1.807) is 4.90 Å². The summed E-state index contributed by atoms with van der Waals surface area (Å²) in [7, 11) is 0. The minimum absolute atomic E-state index is 0.0115. The lowest BCUT2D eigenvalue weighted by atomic mass is 9.95. The van der Waals surface area contributed by atoms with E-state index in [0.717, 1.165) is 25.7 Å². The van der Waals surface area contributed by atoms with Crippen LogP contribution in [0.2, 0.25) is 0 Å². The predicted molar refractivity (Wildman–Crippen MR) is 91.2 cm³/mol. The highest BCUT2D eigenvalue weighted by atomic mass is 19.1. The topological polar surface area (TPSA) is 49.4 Å². The van der Waals surface area contributed by atoms with Gasteiger partial charge in [-0.05, 0) is 49.3 Å². The molecule has 0 unspecified atom stereocenters. The quantitative estimate of drug-likeness (QED) is 0.914. The molecular formula is C19H25FN2O2. The van der Waals surface area contributed by atoms with Crippen LogP contribution in [0.4, 0.5) is 10.1 Å². The summed E-state index contributed by atoms with van der Waals surface area (Å²) in [6, 6.07) is 4.02. The molecule has 1 saturated carbocycles. The molecule has 2 amide bonds. The lowest BCUT2D eigenvalue weighted by Gasteiger charge is -2.32. The fourth-order valence-electron chi connectivity index (χ4n) is 3.47. The van der Waals surface area contributed by atoms with Crippen molar-refractivity contribution in [1.82, 2.24) is 4.90 Å². The van der Waals surface area contributed by atoms with Crippen molar-refractivity contribution < 1.29 is 14.0 Å². The number of likely N-dealkylation sites (tertiary alicyclic amines) is 1. The van der Waals surface area contributed by atoms with Gasteiger partial charge in [-0.1, -0.05) is 20.3 Å². The fourth-order valence-corrected chi connectivity index (χ4v) is 3.47. The number of nitrogens with one attached hydrogen (secondary N) is 1. The molecule has 1 aliphatic heterocycles. The molecule has 0 radical (unpaired) electrons. The van der Waals surface area contributed by atoms with Gasteiger partial charge < -0.3 is 10.2 Å². The van der Waals surface area contributed by atoms with E-state index >= 15 is 0 Å². The van der Waals surface area contributed by atoms with Crippen LogP contribution in [0.15, 0.2) is 18.2 Å². The lowest BCUT2D eigenvalue weighted by molar-refractivity contribution is -0.117. The third-order valence-corrected chi connectivity index (χ3v) is 5.30. The van der Waals surface area contributed by atoms with E-state index in [2.05, 4.69) is 12.2 Å². The maximum Gasteiger partial charge on any atom is 0.256 e. The Kier molecular flexibility index (Phi) is 4.88. The average Bonchev–Trinajstić information content (AvgIpc) is 3.32. The van der Waals surface area contributed by atoms with Crippen LogP contribution in [0.5, 0.6) is 0 Å². The Morgan fingerprint density at radius 3 is 2.79 bits per heavy atom. The minimum atomic E-state index is -0.458. The molecule has 0 spiro atoms. The zero-order chi connectivity index (χ0) is 17.3. The van der Waals surface area contributed by atoms with Gasteiger partial charge in [0, 0.05) is 19.0 Å². The summed E-state index contributed by atoms with van der Waals surface area (Å²) < 4.78 is 13.7. The number of halogens is 1. The van der Waals surface area contributed by atoms with E-state index in [-0.39, 0.29) is 23.3 Å². The molecule has 3 atom stereocenters. The molecule has 1 aliphatic carbocycles. The number of piperidine rings is 1. The van der Waals surface area contributed by atoms with Crippen molar-refractivity contribution >= 4 is 17.5 Å². The van der Waals surface area contributed by atoms with Gasteiger partial charge in [-0.2, -0.15) is 0 Å². The summed E-state index contributed by atoms with van der Waals surface area (Å²) in [6.07, 6.45) is 4.02.